The zero-order valence-corrected chi connectivity index (χ0v) is 13.3. The molecular weight excluding hydrogens is 310 g/mol. The maximum atomic E-state index is 12.2. The number of amides is 1. The second-order valence-electron chi connectivity index (χ2n) is 4.84. The first-order valence-electron chi connectivity index (χ1n) is 7.11. The number of carbonyl (C=O) groups is 1. The third-order valence-corrected chi connectivity index (χ3v) is 3.87. The lowest BCUT2D eigenvalue weighted by Crippen LogP contribution is -2.30. The normalized spacial score (nSPS) is 11.7. The number of nitrogens with one attached hydrogen (secondary N) is 1. The zero-order chi connectivity index (χ0) is 16.1. The van der Waals surface area contributed by atoms with Gasteiger partial charge in [0.1, 0.15) is 5.75 Å². The molecule has 3 aromatic rings. The molecule has 0 unspecified atom stereocenters. The summed E-state index contributed by atoms with van der Waals surface area (Å²) < 4.78 is 5.59. The van der Waals surface area contributed by atoms with Crippen molar-refractivity contribution in [1.29, 1.82) is 0 Å². The van der Waals surface area contributed by atoms with Crippen molar-refractivity contribution in [3.63, 3.8) is 0 Å². The highest BCUT2D eigenvalue weighted by molar-refractivity contribution is 7.14. The Labute approximate surface area is 138 Å². The fourth-order valence-electron chi connectivity index (χ4n) is 1.94. The predicted molar refractivity (Wildman–Crippen MR) is 90.5 cm³/mol. The Morgan fingerprint density at radius 1 is 1.22 bits per heavy atom. The first-order valence-corrected chi connectivity index (χ1v) is 7.99. The average molecular weight is 325 g/mol. The molecule has 0 radical (unpaired) electrons. The summed E-state index contributed by atoms with van der Waals surface area (Å²) in [5.74, 6) is 0.422. The highest BCUT2D eigenvalue weighted by atomic mass is 32.1. The Morgan fingerprint density at radius 2 is 2.04 bits per heavy atom. The first kappa shape index (κ1) is 15.2. The summed E-state index contributed by atoms with van der Waals surface area (Å²) in [4.78, 5) is 20.6. The zero-order valence-electron chi connectivity index (χ0n) is 12.5. The molecule has 1 aromatic carbocycles. The van der Waals surface area contributed by atoms with E-state index in [2.05, 4.69) is 15.3 Å². The smallest absolute Gasteiger partial charge is 0.266 e. The lowest BCUT2D eigenvalue weighted by Gasteiger charge is -2.13. The van der Waals surface area contributed by atoms with Crippen LogP contribution in [0.3, 0.4) is 0 Å². The molecule has 23 heavy (non-hydrogen) atoms. The van der Waals surface area contributed by atoms with Crippen LogP contribution in [-0.2, 0) is 4.79 Å². The number of para-hydroxylation sites is 1. The van der Waals surface area contributed by atoms with E-state index < -0.39 is 6.10 Å². The van der Waals surface area contributed by atoms with E-state index in [0.29, 0.717) is 10.9 Å². The van der Waals surface area contributed by atoms with Gasteiger partial charge in [0.15, 0.2) is 11.2 Å². The Morgan fingerprint density at radius 3 is 2.78 bits per heavy atom. The van der Waals surface area contributed by atoms with Crippen LogP contribution in [0.5, 0.6) is 5.75 Å². The number of hydrogen-bond donors (Lipinski definition) is 1. The number of thiazole rings is 1. The van der Waals surface area contributed by atoms with Gasteiger partial charge in [-0.05, 0) is 31.2 Å². The minimum atomic E-state index is -0.608. The SMILES string of the molecule is C[C@H](Oc1ccccc1)C(=O)Nc1nc(-c2cccnc2)cs1. The van der Waals surface area contributed by atoms with Gasteiger partial charge in [-0.15, -0.1) is 11.3 Å². The van der Waals surface area contributed by atoms with Gasteiger partial charge in [0, 0.05) is 23.3 Å². The second kappa shape index (κ2) is 7.02. The molecule has 0 fully saturated rings. The topological polar surface area (TPSA) is 64.1 Å². The van der Waals surface area contributed by atoms with Gasteiger partial charge in [0.05, 0.1) is 5.69 Å². The molecule has 2 aromatic heterocycles. The van der Waals surface area contributed by atoms with Gasteiger partial charge in [0.2, 0.25) is 0 Å². The number of hydrogen-bond acceptors (Lipinski definition) is 5. The van der Waals surface area contributed by atoms with Crippen molar-refractivity contribution in [2.75, 3.05) is 5.32 Å². The van der Waals surface area contributed by atoms with E-state index in [1.807, 2.05) is 47.8 Å². The summed E-state index contributed by atoms with van der Waals surface area (Å²) in [7, 11) is 0. The summed E-state index contributed by atoms with van der Waals surface area (Å²) in [6, 6.07) is 13.0. The number of ether oxygens (including phenoxy) is 1. The molecule has 5 nitrogen and oxygen atoms in total. The lowest BCUT2D eigenvalue weighted by atomic mass is 10.2. The van der Waals surface area contributed by atoms with Crippen molar-refractivity contribution in [1.82, 2.24) is 9.97 Å². The van der Waals surface area contributed by atoms with Gasteiger partial charge >= 0.3 is 0 Å². The number of nitrogens with zero attached hydrogens (tertiary/aromatic N) is 2. The Bertz CT molecular complexity index is 775. The van der Waals surface area contributed by atoms with E-state index in [1.165, 1.54) is 11.3 Å². The van der Waals surface area contributed by atoms with Crippen LogP contribution in [-0.4, -0.2) is 22.0 Å². The molecule has 3 rings (SSSR count). The van der Waals surface area contributed by atoms with Crippen LogP contribution in [0.2, 0.25) is 0 Å². The molecule has 0 aliphatic carbocycles. The van der Waals surface area contributed by atoms with Crippen LogP contribution in [0.1, 0.15) is 6.92 Å². The summed E-state index contributed by atoms with van der Waals surface area (Å²) in [5.41, 5.74) is 1.70. The van der Waals surface area contributed by atoms with Crippen LogP contribution in [0.25, 0.3) is 11.3 Å². The molecule has 0 aliphatic heterocycles. The monoisotopic (exact) mass is 325 g/mol. The van der Waals surface area contributed by atoms with Crippen molar-refractivity contribution in [2.24, 2.45) is 0 Å². The van der Waals surface area contributed by atoms with Crippen molar-refractivity contribution in [3.05, 3.63) is 60.2 Å². The summed E-state index contributed by atoms with van der Waals surface area (Å²) in [6.07, 6.45) is 2.84. The Hall–Kier alpha value is -2.73. The predicted octanol–water partition coefficient (Wildman–Crippen LogP) is 3.61. The van der Waals surface area contributed by atoms with E-state index in [4.69, 9.17) is 4.74 Å². The molecular formula is C17H15N3O2S. The van der Waals surface area contributed by atoms with E-state index >= 15 is 0 Å². The van der Waals surface area contributed by atoms with Gasteiger partial charge in [-0.1, -0.05) is 18.2 Å². The van der Waals surface area contributed by atoms with Crippen LogP contribution < -0.4 is 10.1 Å². The van der Waals surface area contributed by atoms with Crippen LogP contribution in [0, 0.1) is 0 Å². The minimum Gasteiger partial charge on any atom is -0.481 e. The number of pyridine rings is 1. The maximum Gasteiger partial charge on any atom is 0.266 e. The molecule has 1 amide bonds. The van der Waals surface area contributed by atoms with Gasteiger partial charge in [0.25, 0.3) is 5.91 Å². The summed E-state index contributed by atoms with van der Waals surface area (Å²) >= 11 is 1.37. The average Bonchev–Trinajstić information content (AvgIpc) is 3.05. The highest BCUT2D eigenvalue weighted by Gasteiger charge is 2.16. The lowest BCUT2D eigenvalue weighted by molar-refractivity contribution is -0.122. The first-order chi connectivity index (χ1) is 11.2. The third kappa shape index (κ3) is 3.92. The minimum absolute atomic E-state index is 0.235. The Balaban J connectivity index is 1.63. The summed E-state index contributed by atoms with van der Waals surface area (Å²) in [6.45, 7) is 1.71. The summed E-state index contributed by atoms with van der Waals surface area (Å²) in [5, 5.41) is 5.20. The van der Waals surface area contributed by atoms with Crippen LogP contribution >= 0.6 is 11.3 Å². The van der Waals surface area contributed by atoms with Crippen molar-refractivity contribution in [2.45, 2.75) is 13.0 Å². The molecule has 1 N–H and O–H groups in total. The largest absolute Gasteiger partial charge is 0.481 e. The number of aromatic nitrogens is 2. The van der Waals surface area contributed by atoms with E-state index in [1.54, 1.807) is 19.3 Å². The maximum absolute atomic E-state index is 12.2. The Kier molecular flexibility index (Phi) is 4.63. The van der Waals surface area contributed by atoms with Gasteiger partial charge in [-0.3, -0.25) is 15.1 Å². The van der Waals surface area contributed by atoms with E-state index in [-0.39, 0.29) is 5.91 Å². The molecule has 1 atom stereocenters. The number of benzene rings is 1. The molecule has 0 spiro atoms. The number of anilines is 1. The molecule has 0 saturated heterocycles. The molecule has 116 valence electrons. The molecule has 0 aliphatic rings. The molecule has 0 saturated carbocycles. The van der Waals surface area contributed by atoms with E-state index in [9.17, 15) is 4.79 Å². The van der Waals surface area contributed by atoms with E-state index in [0.717, 1.165) is 11.3 Å². The van der Waals surface area contributed by atoms with Crippen molar-refractivity contribution in [3.8, 4) is 17.0 Å². The second-order valence-corrected chi connectivity index (χ2v) is 5.70. The quantitative estimate of drug-likeness (QED) is 0.778. The molecule has 0 bridgehead atoms. The fraction of sp³-hybridized carbons (Fsp3) is 0.118. The number of carbonyl (C=O) groups excluding carboxylic acids is 1. The molecule has 2 heterocycles. The third-order valence-electron chi connectivity index (χ3n) is 3.12. The van der Waals surface area contributed by atoms with Crippen molar-refractivity contribution >= 4 is 22.4 Å². The van der Waals surface area contributed by atoms with Crippen LogP contribution in [0.15, 0.2) is 60.2 Å². The standard InChI is InChI=1S/C17H15N3O2S/c1-12(22-14-7-3-2-4-8-14)16(21)20-17-19-15(11-23-17)13-6-5-9-18-10-13/h2-12H,1H3,(H,19,20,21)/t12-/m0/s1. The molecule has 6 heteroatoms. The van der Waals surface area contributed by atoms with Crippen molar-refractivity contribution < 1.29 is 9.53 Å². The van der Waals surface area contributed by atoms with Gasteiger partial charge < -0.3 is 4.74 Å². The highest BCUT2D eigenvalue weighted by Crippen LogP contribution is 2.24. The van der Waals surface area contributed by atoms with Crippen LogP contribution in [0.4, 0.5) is 5.13 Å². The number of rotatable bonds is 5. The van der Waals surface area contributed by atoms with Gasteiger partial charge in [-0.2, -0.15) is 0 Å². The fourth-order valence-corrected chi connectivity index (χ4v) is 2.66. The van der Waals surface area contributed by atoms with Gasteiger partial charge in [-0.25, -0.2) is 4.98 Å².